The van der Waals surface area contributed by atoms with Gasteiger partial charge >= 0.3 is 6.18 Å². The lowest BCUT2D eigenvalue weighted by Crippen LogP contribution is -2.24. The number of hydrogen-bond acceptors (Lipinski definition) is 3. The van der Waals surface area contributed by atoms with Crippen LogP contribution in [-0.4, -0.2) is 17.4 Å². The van der Waals surface area contributed by atoms with Crippen molar-refractivity contribution in [3.05, 3.63) is 93.2 Å². The van der Waals surface area contributed by atoms with Gasteiger partial charge in [0.15, 0.2) is 0 Å². The molecular weight excluding hydrogens is 462 g/mol. The van der Waals surface area contributed by atoms with Crippen molar-refractivity contribution in [2.75, 3.05) is 11.4 Å². The average molecular weight is 482 g/mol. The molecule has 1 amide bonds. The number of halogens is 5. The van der Waals surface area contributed by atoms with Gasteiger partial charge in [0, 0.05) is 37.1 Å². The minimum atomic E-state index is -4.49. The molecule has 0 aliphatic heterocycles. The number of nitrogens with one attached hydrogen (secondary N) is 1. The van der Waals surface area contributed by atoms with E-state index < -0.39 is 11.9 Å². The average Bonchev–Trinajstić information content (AvgIpc) is 2.78. The number of pyridine rings is 1. The summed E-state index contributed by atoms with van der Waals surface area (Å²) in [5.41, 5.74) is 1.74. The maximum atomic E-state index is 12.6. The van der Waals surface area contributed by atoms with Crippen molar-refractivity contribution in [2.24, 2.45) is 0 Å². The number of rotatable bonds is 7. The molecule has 1 heterocycles. The molecule has 0 unspecified atom stereocenters. The van der Waals surface area contributed by atoms with Gasteiger partial charge in [-0.25, -0.2) is 0 Å². The summed E-state index contributed by atoms with van der Waals surface area (Å²) >= 11 is 12.4. The molecule has 0 fully saturated rings. The Labute approximate surface area is 194 Å². The number of amides is 1. The fourth-order valence-electron chi connectivity index (χ4n) is 3.07. The van der Waals surface area contributed by atoms with Crippen molar-refractivity contribution in [2.45, 2.75) is 26.2 Å². The first-order chi connectivity index (χ1) is 15.2. The molecule has 0 saturated carbocycles. The van der Waals surface area contributed by atoms with E-state index >= 15 is 0 Å². The molecule has 0 saturated heterocycles. The van der Waals surface area contributed by atoms with Crippen LogP contribution in [-0.2, 0) is 19.3 Å². The van der Waals surface area contributed by atoms with E-state index in [9.17, 15) is 18.0 Å². The molecule has 4 nitrogen and oxygen atoms in total. The maximum Gasteiger partial charge on any atom is 0.433 e. The molecule has 1 N–H and O–H groups in total. The van der Waals surface area contributed by atoms with Gasteiger partial charge in [-0.3, -0.25) is 9.78 Å². The summed E-state index contributed by atoms with van der Waals surface area (Å²) in [6.45, 7) is 3.36. The zero-order valence-electron chi connectivity index (χ0n) is 17.1. The van der Waals surface area contributed by atoms with Gasteiger partial charge in [0.05, 0.1) is 10.0 Å². The Balaban J connectivity index is 1.62. The molecule has 3 rings (SSSR count). The highest BCUT2D eigenvalue weighted by molar-refractivity contribution is 6.42. The fourth-order valence-corrected chi connectivity index (χ4v) is 3.45. The minimum Gasteiger partial charge on any atom is -0.367 e. The van der Waals surface area contributed by atoms with Gasteiger partial charge in [-0.15, -0.1) is 0 Å². The molecule has 9 heteroatoms. The first kappa shape index (κ1) is 23.9. The monoisotopic (exact) mass is 481 g/mol. The largest absolute Gasteiger partial charge is 0.433 e. The van der Waals surface area contributed by atoms with Gasteiger partial charge in [0.25, 0.3) is 5.91 Å². The number of anilines is 1. The number of nitrogens with zero attached hydrogens (tertiary/aromatic N) is 2. The molecule has 168 valence electrons. The third kappa shape index (κ3) is 5.93. The topological polar surface area (TPSA) is 45.2 Å². The van der Waals surface area contributed by atoms with Crippen molar-refractivity contribution in [1.82, 2.24) is 10.3 Å². The Morgan fingerprint density at radius 3 is 2.38 bits per heavy atom. The summed E-state index contributed by atoms with van der Waals surface area (Å²) in [7, 11) is 0. The zero-order valence-corrected chi connectivity index (χ0v) is 18.6. The summed E-state index contributed by atoms with van der Waals surface area (Å²) in [4.78, 5) is 17.9. The number of benzene rings is 2. The molecule has 0 radical (unpaired) electrons. The fraction of sp³-hybridized carbons (Fsp3) is 0.217. The van der Waals surface area contributed by atoms with Gasteiger partial charge in [-0.05, 0) is 54.4 Å². The predicted octanol–water partition coefficient (Wildman–Crippen LogP) is 6.36. The predicted molar refractivity (Wildman–Crippen MR) is 120 cm³/mol. The number of hydrogen-bond donors (Lipinski definition) is 1. The third-order valence-corrected chi connectivity index (χ3v) is 5.70. The van der Waals surface area contributed by atoms with E-state index in [1.165, 1.54) is 6.07 Å². The summed E-state index contributed by atoms with van der Waals surface area (Å²) < 4.78 is 37.7. The van der Waals surface area contributed by atoms with Crippen LogP contribution in [0.4, 0.5) is 18.9 Å². The summed E-state index contributed by atoms with van der Waals surface area (Å²) in [5.74, 6) is -0.336. The van der Waals surface area contributed by atoms with Crippen LogP contribution < -0.4 is 10.2 Å². The quantitative estimate of drug-likeness (QED) is 0.426. The van der Waals surface area contributed by atoms with E-state index in [1.807, 2.05) is 31.2 Å². The number of alkyl halides is 3. The van der Waals surface area contributed by atoms with Crippen molar-refractivity contribution < 1.29 is 18.0 Å². The minimum absolute atomic E-state index is 0.0695. The number of aromatic nitrogens is 1. The molecule has 32 heavy (non-hydrogen) atoms. The molecule has 3 aromatic rings. The van der Waals surface area contributed by atoms with Crippen LogP contribution in [0.3, 0.4) is 0 Å². The molecule has 0 bridgehead atoms. The molecule has 0 aliphatic carbocycles. The molecule has 0 spiro atoms. The van der Waals surface area contributed by atoms with Crippen LogP contribution in [0.2, 0.25) is 10.0 Å². The lowest BCUT2D eigenvalue weighted by atomic mass is 10.1. The van der Waals surface area contributed by atoms with Crippen molar-refractivity contribution in [1.29, 1.82) is 0 Å². The Hall–Kier alpha value is -2.77. The summed E-state index contributed by atoms with van der Waals surface area (Å²) in [6.07, 6.45) is -3.39. The van der Waals surface area contributed by atoms with Gasteiger partial charge in [0.2, 0.25) is 0 Å². The van der Waals surface area contributed by atoms with E-state index in [-0.39, 0.29) is 12.5 Å². The lowest BCUT2D eigenvalue weighted by molar-refractivity contribution is -0.141. The second-order valence-corrected chi connectivity index (χ2v) is 7.79. The van der Waals surface area contributed by atoms with E-state index in [0.29, 0.717) is 27.7 Å². The van der Waals surface area contributed by atoms with Crippen LogP contribution in [0.1, 0.15) is 34.1 Å². The molecule has 2 aromatic carbocycles. The third-order valence-electron chi connectivity index (χ3n) is 4.84. The summed E-state index contributed by atoms with van der Waals surface area (Å²) in [5, 5.41) is 3.69. The van der Waals surface area contributed by atoms with Crippen molar-refractivity contribution in [3.63, 3.8) is 0 Å². The highest BCUT2D eigenvalue weighted by Gasteiger charge is 2.32. The van der Waals surface area contributed by atoms with Gasteiger partial charge in [0.1, 0.15) is 5.69 Å². The molecular formula is C23H20Cl2F3N3O. The highest BCUT2D eigenvalue weighted by atomic mass is 35.5. The highest BCUT2D eigenvalue weighted by Crippen LogP contribution is 2.28. The second-order valence-electron chi connectivity index (χ2n) is 7.01. The van der Waals surface area contributed by atoms with Gasteiger partial charge in [-0.2, -0.15) is 13.2 Å². The van der Waals surface area contributed by atoms with Crippen LogP contribution >= 0.6 is 23.2 Å². The van der Waals surface area contributed by atoms with Crippen LogP contribution in [0.15, 0.2) is 60.8 Å². The summed E-state index contributed by atoms with van der Waals surface area (Å²) in [6, 6.07) is 14.7. The Kier molecular flexibility index (Phi) is 7.64. The van der Waals surface area contributed by atoms with Crippen LogP contribution in [0.25, 0.3) is 0 Å². The molecule has 1 aromatic heterocycles. The zero-order chi connectivity index (χ0) is 23.3. The first-order valence-electron chi connectivity index (χ1n) is 9.77. The van der Waals surface area contributed by atoms with Gasteiger partial charge in [-0.1, -0.05) is 41.4 Å². The van der Waals surface area contributed by atoms with Gasteiger partial charge < -0.3 is 10.2 Å². The number of carbonyl (C=O) groups excluding carboxylic acids is 1. The standard InChI is InChI=1S/C23H20Cl2F3N3O/c1-2-31(14-17-4-3-5-19(24)21(17)25)18-9-7-16(8-10-18)22(32)30-13-15-6-11-20(29-12-15)23(26,27)28/h3-12H,2,13-14H2,1H3,(H,30,32). The Morgan fingerprint density at radius 2 is 1.78 bits per heavy atom. The van der Waals surface area contributed by atoms with E-state index in [1.54, 1.807) is 18.2 Å². The Morgan fingerprint density at radius 1 is 1.06 bits per heavy atom. The molecule has 0 atom stereocenters. The van der Waals surface area contributed by atoms with Crippen molar-refractivity contribution in [3.8, 4) is 0 Å². The van der Waals surface area contributed by atoms with Crippen LogP contribution in [0.5, 0.6) is 0 Å². The number of carbonyl (C=O) groups is 1. The second kappa shape index (κ2) is 10.2. The van der Waals surface area contributed by atoms with E-state index in [4.69, 9.17) is 23.2 Å². The Bertz CT molecular complexity index is 1070. The first-order valence-corrected chi connectivity index (χ1v) is 10.5. The van der Waals surface area contributed by atoms with Crippen molar-refractivity contribution >= 4 is 34.8 Å². The van der Waals surface area contributed by atoms with E-state index in [2.05, 4.69) is 15.2 Å². The molecule has 0 aliphatic rings. The SMILES string of the molecule is CCN(Cc1cccc(Cl)c1Cl)c1ccc(C(=O)NCc2ccc(C(F)(F)F)nc2)cc1. The lowest BCUT2D eigenvalue weighted by Gasteiger charge is -2.24. The van der Waals surface area contributed by atoms with E-state index in [0.717, 1.165) is 30.1 Å². The maximum absolute atomic E-state index is 12.6. The normalized spacial score (nSPS) is 11.3. The smallest absolute Gasteiger partial charge is 0.367 e. The van der Waals surface area contributed by atoms with Crippen LogP contribution in [0, 0.1) is 0 Å².